The fourth-order valence-corrected chi connectivity index (χ4v) is 5.84. The number of sulfonamides is 1. The predicted molar refractivity (Wildman–Crippen MR) is 118 cm³/mol. The van der Waals surface area contributed by atoms with Gasteiger partial charge in [-0.05, 0) is 44.4 Å². The van der Waals surface area contributed by atoms with Crippen LogP contribution in [-0.4, -0.2) is 41.4 Å². The zero-order valence-electron chi connectivity index (χ0n) is 18.1. The van der Waals surface area contributed by atoms with Crippen molar-refractivity contribution < 1.29 is 17.7 Å². The van der Waals surface area contributed by atoms with Crippen molar-refractivity contribution in [2.24, 2.45) is 10.9 Å². The monoisotopic (exact) mass is 454 g/mol. The van der Waals surface area contributed by atoms with E-state index in [1.54, 1.807) is 19.9 Å². The van der Waals surface area contributed by atoms with E-state index in [4.69, 9.17) is 4.52 Å². The van der Waals surface area contributed by atoms with Gasteiger partial charge in [0, 0.05) is 25.8 Å². The SMILES string of the molecule is Cc1noc(C)c1S(=O)(=O)N1CCCC(C(=O)N=c2ccccn2Cc2ccccc2)C1. The summed E-state index contributed by atoms with van der Waals surface area (Å²) in [5.41, 5.74) is 1.97. The molecule has 0 saturated carbocycles. The van der Waals surface area contributed by atoms with Gasteiger partial charge < -0.3 is 9.09 Å². The highest BCUT2D eigenvalue weighted by atomic mass is 32.2. The summed E-state index contributed by atoms with van der Waals surface area (Å²) < 4.78 is 34.6. The van der Waals surface area contributed by atoms with Gasteiger partial charge in [0.15, 0.2) is 5.76 Å². The van der Waals surface area contributed by atoms with Crippen LogP contribution in [0.3, 0.4) is 0 Å². The van der Waals surface area contributed by atoms with Crippen molar-refractivity contribution in [3.63, 3.8) is 0 Å². The number of aromatic nitrogens is 2. The fraction of sp³-hybridized carbons (Fsp3) is 0.348. The third-order valence-corrected chi connectivity index (χ3v) is 7.75. The Labute approximate surface area is 187 Å². The van der Waals surface area contributed by atoms with Crippen molar-refractivity contribution in [3.05, 3.63) is 77.2 Å². The van der Waals surface area contributed by atoms with Gasteiger partial charge in [-0.15, -0.1) is 0 Å². The third-order valence-electron chi connectivity index (χ3n) is 5.64. The molecule has 1 fully saturated rings. The van der Waals surface area contributed by atoms with E-state index < -0.39 is 15.9 Å². The Balaban J connectivity index is 1.56. The minimum absolute atomic E-state index is 0.0892. The van der Waals surface area contributed by atoms with Crippen molar-refractivity contribution >= 4 is 15.9 Å². The van der Waals surface area contributed by atoms with Gasteiger partial charge in [0.2, 0.25) is 10.0 Å². The minimum atomic E-state index is -3.79. The second-order valence-electron chi connectivity index (χ2n) is 7.98. The molecule has 0 aliphatic carbocycles. The van der Waals surface area contributed by atoms with Crippen LogP contribution in [0.1, 0.15) is 29.9 Å². The van der Waals surface area contributed by atoms with Gasteiger partial charge in [-0.2, -0.15) is 9.30 Å². The lowest BCUT2D eigenvalue weighted by Gasteiger charge is -2.30. The molecular weight excluding hydrogens is 428 g/mol. The second-order valence-corrected chi connectivity index (χ2v) is 9.85. The van der Waals surface area contributed by atoms with Crippen LogP contribution in [0.4, 0.5) is 0 Å². The van der Waals surface area contributed by atoms with E-state index in [0.717, 1.165) is 5.56 Å². The van der Waals surface area contributed by atoms with E-state index >= 15 is 0 Å². The van der Waals surface area contributed by atoms with E-state index in [1.165, 1.54) is 4.31 Å². The maximum Gasteiger partial charge on any atom is 0.252 e. The standard InChI is InChI=1S/C23H26N4O4S/c1-17-22(18(2)31-25-17)32(29,30)27-14-8-11-20(16-27)23(28)24-21-12-6-7-13-26(21)15-19-9-4-3-5-10-19/h3-7,9-10,12-13,20H,8,11,14-16H2,1-2H3. The lowest BCUT2D eigenvalue weighted by molar-refractivity contribution is -0.122. The van der Waals surface area contributed by atoms with E-state index in [-0.39, 0.29) is 23.1 Å². The molecule has 1 amide bonds. The number of piperidine rings is 1. The van der Waals surface area contributed by atoms with Gasteiger partial charge >= 0.3 is 0 Å². The summed E-state index contributed by atoms with van der Waals surface area (Å²) in [6, 6.07) is 15.5. The average Bonchev–Trinajstić information content (AvgIpc) is 3.14. The molecule has 2 aromatic heterocycles. The molecule has 0 spiro atoms. The predicted octanol–water partition coefficient (Wildman–Crippen LogP) is 2.67. The smallest absolute Gasteiger partial charge is 0.252 e. The molecule has 8 nitrogen and oxygen atoms in total. The number of hydrogen-bond acceptors (Lipinski definition) is 5. The van der Waals surface area contributed by atoms with Gasteiger partial charge in [0.25, 0.3) is 5.91 Å². The quantitative estimate of drug-likeness (QED) is 0.590. The molecule has 4 rings (SSSR count). The lowest BCUT2D eigenvalue weighted by Crippen LogP contribution is -2.42. The van der Waals surface area contributed by atoms with E-state index in [1.807, 2.05) is 53.2 Å². The van der Waals surface area contributed by atoms with Crippen LogP contribution in [0, 0.1) is 19.8 Å². The van der Waals surface area contributed by atoms with Crippen LogP contribution in [0.5, 0.6) is 0 Å². The highest BCUT2D eigenvalue weighted by molar-refractivity contribution is 7.89. The van der Waals surface area contributed by atoms with Crippen LogP contribution in [0.15, 0.2) is 69.1 Å². The molecule has 3 aromatic rings. The third kappa shape index (κ3) is 4.58. The van der Waals surface area contributed by atoms with Crippen LogP contribution >= 0.6 is 0 Å². The van der Waals surface area contributed by atoms with Crippen molar-refractivity contribution in [2.45, 2.75) is 38.1 Å². The molecule has 0 radical (unpaired) electrons. The van der Waals surface area contributed by atoms with Crippen molar-refractivity contribution in [2.75, 3.05) is 13.1 Å². The summed E-state index contributed by atoms with van der Waals surface area (Å²) in [6.45, 7) is 4.22. The topological polar surface area (TPSA) is 97.8 Å². The first kappa shape index (κ1) is 22.2. The molecule has 3 heterocycles. The molecule has 0 bridgehead atoms. The number of benzene rings is 1. The molecule has 1 atom stereocenters. The molecule has 1 aliphatic heterocycles. The average molecular weight is 455 g/mol. The maximum atomic E-state index is 13.2. The Kier molecular flexibility index (Phi) is 6.38. The molecular formula is C23H26N4O4S. The molecule has 1 saturated heterocycles. The Bertz CT molecular complexity index is 1260. The number of carbonyl (C=O) groups is 1. The molecule has 168 valence electrons. The van der Waals surface area contributed by atoms with Gasteiger partial charge in [-0.3, -0.25) is 4.79 Å². The number of amides is 1. The first-order valence-corrected chi connectivity index (χ1v) is 12.0. The molecule has 9 heteroatoms. The van der Waals surface area contributed by atoms with Gasteiger partial charge in [-0.1, -0.05) is 41.6 Å². The Morgan fingerprint density at radius 3 is 2.62 bits per heavy atom. The van der Waals surface area contributed by atoms with Crippen LogP contribution in [-0.2, 0) is 21.4 Å². The van der Waals surface area contributed by atoms with Gasteiger partial charge in [0.05, 0.1) is 5.92 Å². The zero-order valence-corrected chi connectivity index (χ0v) is 19.0. The summed E-state index contributed by atoms with van der Waals surface area (Å²) in [5.74, 6) is -0.548. The van der Waals surface area contributed by atoms with E-state index in [9.17, 15) is 13.2 Å². The van der Waals surface area contributed by atoms with Gasteiger partial charge in [-0.25, -0.2) is 8.42 Å². The largest absolute Gasteiger partial charge is 0.360 e. The highest BCUT2D eigenvalue weighted by Crippen LogP contribution is 2.28. The van der Waals surface area contributed by atoms with E-state index in [0.29, 0.717) is 37.1 Å². The lowest BCUT2D eigenvalue weighted by atomic mass is 9.99. The highest BCUT2D eigenvalue weighted by Gasteiger charge is 2.36. The summed E-state index contributed by atoms with van der Waals surface area (Å²) in [4.78, 5) is 17.5. The first-order valence-electron chi connectivity index (χ1n) is 10.6. The second kappa shape index (κ2) is 9.22. The summed E-state index contributed by atoms with van der Waals surface area (Å²) in [5, 5.41) is 3.76. The summed E-state index contributed by atoms with van der Waals surface area (Å²) >= 11 is 0. The van der Waals surface area contributed by atoms with Crippen LogP contribution in [0.25, 0.3) is 0 Å². The minimum Gasteiger partial charge on any atom is -0.360 e. The molecule has 1 aliphatic rings. The molecule has 32 heavy (non-hydrogen) atoms. The number of aryl methyl sites for hydroxylation is 2. The molecule has 1 unspecified atom stereocenters. The zero-order chi connectivity index (χ0) is 22.7. The Morgan fingerprint density at radius 2 is 1.91 bits per heavy atom. The molecule has 1 aromatic carbocycles. The molecule has 0 N–H and O–H groups in total. The van der Waals surface area contributed by atoms with Crippen molar-refractivity contribution in [3.8, 4) is 0 Å². The normalized spacial score (nSPS) is 18.1. The van der Waals surface area contributed by atoms with E-state index in [2.05, 4.69) is 10.1 Å². The van der Waals surface area contributed by atoms with Crippen molar-refractivity contribution in [1.29, 1.82) is 0 Å². The summed E-state index contributed by atoms with van der Waals surface area (Å²) in [6.07, 6.45) is 3.07. The number of nitrogens with zero attached hydrogens (tertiary/aromatic N) is 4. The number of pyridine rings is 1. The Hall–Kier alpha value is -3.04. The number of hydrogen-bond donors (Lipinski definition) is 0. The summed E-state index contributed by atoms with van der Waals surface area (Å²) in [7, 11) is -3.79. The number of rotatable bonds is 5. The van der Waals surface area contributed by atoms with Gasteiger partial charge in [0.1, 0.15) is 16.1 Å². The van der Waals surface area contributed by atoms with Crippen molar-refractivity contribution in [1.82, 2.24) is 14.0 Å². The van der Waals surface area contributed by atoms with Crippen LogP contribution < -0.4 is 5.49 Å². The fourth-order valence-electron chi connectivity index (χ4n) is 4.02. The number of carbonyl (C=O) groups excluding carboxylic acids is 1. The maximum absolute atomic E-state index is 13.2. The van der Waals surface area contributed by atoms with Crippen LogP contribution in [0.2, 0.25) is 0 Å². The first-order chi connectivity index (χ1) is 15.4. The Morgan fingerprint density at radius 1 is 1.16 bits per heavy atom.